The van der Waals surface area contributed by atoms with Gasteiger partial charge in [-0.3, -0.25) is 0 Å². The zero-order valence-corrected chi connectivity index (χ0v) is 15.8. The molecule has 4 rings (SSSR count). The van der Waals surface area contributed by atoms with Crippen LogP contribution in [0.5, 0.6) is 5.75 Å². The molecule has 0 unspecified atom stereocenters. The first-order chi connectivity index (χ1) is 12.6. The van der Waals surface area contributed by atoms with Gasteiger partial charge < -0.3 is 10.1 Å². The van der Waals surface area contributed by atoms with Gasteiger partial charge in [0, 0.05) is 6.54 Å². The molecule has 132 valence electrons. The lowest BCUT2D eigenvalue weighted by molar-refractivity contribution is 0.415. The Bertz CT molecular complexity index is 1070. The Kier molecular flexibility index (Phi) is 4.62. The van der Waals surface area contributed by atoms with E-state index in [9.17, 15) is 0 Å². The zero-order valence-electron chi connectivity index (χ0n) is 13.5. The van der Waals surface area contributed by atoms with Gasteiger partial charge in [-0.05, 0) is 23.8 Å². The summed E-state index contributed by atoms with van der Waals surface area (Å²) < 4.78 is 7.32. The maximum atomic E-state index is 6.19. The fourth-order valence-electron chi connectivity index (χ4n) is 2.44. The maximum Gasteiger partial charge on any atom is 0.255 e. The number of fused-ring (bicyclic) bond motifs is 1. The summed E-state index contributed by atoms with van der Waals surface area (Å²) in [6.07, 6.45) is 2.98. The largest absolute Gasteiger partial charge is 0.495 e. The van der Waals surface area contributed by atoms with Crippen molar-refractivity contribution < 1.29 is 4.74 Å². The molecule has 10 heteroatoms. The number of nitrogens with one attached hydrogen (secondary N) is 1. The highest BCUT2D eigenvalue weighted by Crippen LogP contribution is 2.33. The van der Waals surface area contributed by atoms with Crippen LogP contribution in [0.2, 0.25) is 9.36 Å². The van der Waals surface area contributed by atoms with Crippen LogP contribution < -0.4 is 10.1 Å². The van der Waals surface area contributed by atoms with Gasteiger partial charge in [-0.1, -0.05) is 29.3 Å². The van der Waals surface area contributed by atoms with Crippen molar-refractivity contribution >= 4 is 50.6 Å². The molecule has 0 aliphatic carbocycles. The van der Waals surface area contributed by atoms with Gasteiger partial charge >= 0.3 is 0 Å². The lowest BCUT2D eigenvalue weighted by Gasteiger charge is -2.10. The van der Waals surface area contributed by atoms with Crippen molar-refractivity contribution in [3.05, 3.63) is 51.8 Å². The fraction of sp³-hybridized carbons (Fsp3) is 0.125. The van der Waals surface area contributed by atoms with Gasteiger partial charge in [0.2, 0.25) is 0 Å². The molecule has 0 bridgehead atoms. The molecule has 0 spiro atoms. The number of rotatable bonds is 5. The SMILES string of the molecule is COc1ccc(CNc2nc(-n3cncn3)nc3sc(Cl)cc23)cc1Cl. The van der Waals surface area contributed by atoms with Gasteiger partial charge in [-0.25, -0.2) is 4.98 Å². The highest BCUT2D eigenvalue weighted by atomic mass is 35.5. The summed E-state index contributed by atoms with van der Waals surface area (Å²) >= 11 is 13.7. The standard InChI is InChI=1S/C16H12Cl2N6OS/c1-25-12-3-2-9(4-11(12)17)6-20-14-10-5-13(18)26-15(10)23-16(22-14)24-8-19-7-21-24/h2-5,7-8H,6H2,1H3,(H,20,22,23). The highest BCUT2D eigenvalue weighted by molar-refractivity contribution is 7.22. The summed E-state index contributed by atoms with van der Waals surface area (Å²) in [6.45, 7) is 0.528. The van der Waals surface area contributed by atoms with E-state index < -0.39 is 0 Å². The topological polar surface area (TPSA) is 77.8 Å². The molecule has 1 aromatic carbocycles. The molecule has 0 amide bonds. The third-order valence-corrected chi connectivity index (χ3v) is 5.10. The molecule has 1 N–H and O–H groups in total. The predicted octanol–water partition coefficient (Wildman–Crippen LogP) is 4.20. The third kappa shape index (κ3) is 3.31. The van der Waals surface area contributed by atoms with Crippen LogP contribution in [0.4, 0.5) is 5.82 Å². The number of ether oxygens (including phenoxy) is 1. The van der Waals surface area contributed by atoms with Crippen LogP contribution >= 0.6 is 34.5 Å². The summed E-state index contributed by atoms with van der Waals surface area (Å²) in [4.78, 5) is 13.8. The van der Waals surface area contributed by atoms with Gasteiger partial charge in [0.25, 0.3) is 5.95 Å². The van der Waals surface area contributed by atoms with E-state index in [1.165, 1.54) is 22.3 Å². The third-order valence-electron chi connectivity index (χ3n) is 3.65. The van der Waals surface area contributed by atoms with Gasteiger partial charge in [-0.15, -0.1) is 11.3 Å². The molecule has 0 aliphatic rings. The number of halogens is 2. The first-order valence-electron chi connectivity index (χ1n) is 7.52. The van der Waals surface area contributed by atoms with Crippen molar-refractivity contribution in [1.29, 1.82) is 0 Å². The predicted molar refractivity (Wildman–Crippen MR) is 103 cm³/mol. The average Bonchev–Trinajstić information content (AvgIpc) is 3.28. The van der Waals surface area contributed by atoms with E-state index in [0.717, 1.165) is 15.8 Å². The number of anilines is 1. The molecule has 0 saturated heterocycles. The molecule has 26 heavy (non-hydrogen) atoms. The molecule has 3 aromatic heterocycles. The van der Waals surface area contributed by atoms with Crippen LogP contribution in [0.25, 0.3) is 16.2 Å². The lowest BCUT2D eigenvalue weighted by Crippen LogP contribution is -2.07. The zero-order chi connectivity index (χ0) is 18.1. The summed E-state index contributed by atoms with van der Waals surface area (Å²) in [5, 5.41) is 8.81. The first-order valence-corrected chi connectivity index (χ1v) is 9.09. The van der Waals surface area contributed by atoms with E-state index in [2.05, 4.69) is 25.4 Å². The van der Waals surface area contributed by atoms with Crippen LogP contribution in [0.1, 0.15) is 5.56 Å². The van der Waals surface area contributed by atoms with E-state index in [0.29, 0.717) is 33.4 Å². The summed E-state index contributed by atoms with van der Waals surface area (Å²) in [7, 11) is 1.59. The molecular formula is C16H12Cl2N6OS. The molecule has 4 aromatic rings. The van der Waals surface area contributed by atoms with Crippen molar-refractivity contribution in [2.24, 2.45) is 0 Å². The molecule has 0 saturated carbocycles. The molecule has 0 radical (unpaired) electrons. The van der Waals surface area contributed by atoms with E-state index >= 15 is 0 Å². The van der Waals surface area contributed by atoms with Gasteiger partial charge in [-0.2, -0.15) is 19.7 Å². The Morgan fingerprint density at radius 1 is 1.23 bits per heavy atom. The minimum absolute atomic E-state index is 0.420. The minimum Gasteiger partial charge on any atom is -0.495 e. The Hall–Kier alpha value is -2.42. The van der Waals surface area contributed by atoms with Crippen LogP contribution in [0, 0.1) is 0 Å². The second-order valence-corrected chi connectivity index (χ2v) is 7.37. The smallest absolute Gasteiger partial charge is 0.255 e. The Labute approximate surface area is 162 Å². The number of thiophene rings is 1. The van der Waals surface area contributed by atoms with E-state index in [1.807, 2.05) is 24.3 Å². The number of benzene rings is 1. The van der Waals surface area contributed by atoms with Crippen LogP contribution in [-0.2, 0) is 6.54 Å². The fourth-order valence-corrected chi connectivity index (χ4v) is 3.80. The summed E-state index contributed by atoms with van der Waals surface area (Å²) in [5.74, 6) is 1.72. The van der Waals surface area contributed by atoms with E-state index in [1.54, 1.807) is 13.4 Å². The van der Waals surface area contributed by atoms with Crippen molar-refractivity contribution in [3.63, 3.8) is 0 Å². The number of nitrogens with zero attached hydrogens (tertiary/aromatic N) is 5. The molecule has 0 aliphatic heterocycles. The van der Waals surface area contributed by atoms with Crippen LogP contribution in [0.3, 0.4) is 0 Å². The molecule has 7 nitrogen and oxygen atoms in total. The highest BCUT2D eigenvalue weighted by Gasteiger charge is 2.13. The summed E-state index contributed by atoms with van der Waals surface area (Å²) in [5.41, 5.74) is 0.992. The summed E-state index contributed by atoms with van der Waals surface area (Å²) in [6, 6.07) is 7.47. The van der Waals surface area contributed by atoms with Crippen molar-refractivity contribution in [3.8, 4) is 11.7 Å². The normalized spacial score (nSPS) is 11.0. The first kappa shape index (κ1) is 17.0. The molecule has 0 fully saturated rings. The van der Waals surface area contributed by atoms with Crippen molar-refractivity contribution in [2.45, 2.75) is 6.54 Å². The van der Waals surface area contributed by atoms with Crippen LogP contribution in [-0.4, -0.2) is 31.8 Å². The number of methoxy groups -OCH3 is 1. The molecule has 0 atom stereocenters. The minimum atomic E-state index is 0.420. The van der Waals surface area contributed by atoms with Crippen molar-refractivity contribution in [2.75, 3.05) is 12.4 Å². The quantitative estimate of drug-likeness (QED) is 0.534. The van der Waals surface area contributed by atoms with Gasteiger partial charge in [0.05, 0.1) is 21.9 Å². The lowest BCUT2D eigenvalue weighted by atomic mass is 10.2. The molecule has 3 heterocycles. The van der Waals surface area contributed by atoms with Crippen molar-refractivity contribution in [1.82, 2.24) is 24.7 Å². The van der Waals surface area contributed by atoms with Gasteiger partial charge in [0.15, 0.2) is 0 Å². The molecular weight excluding hydrogens is 395 g/mol. The number of hydrogen-bond donors (Lipinski definition) is 1. The van der Waals surface area contributed by atoms with E-state index in [-0.39, 0.29) is 0 Å². The number of aromatic nitrogens is 5. The second-order valence-electron chi connectivity index (χ2n) is 5.30. The second kappa shape index (κ2) is 7.06. The maximum absolute atomic E-state index is 6.19. The monoisotopic (exact) mass is 406 g/mol. The Morgan fingerprint density at radius 3 is 2.85 bits per heavy atom. The number of hydrogen-bond acceptors (Lipinski definition) is 7. The van der Waals surface area contributed by atoms with E-state index in [4.69, 9.17) is 27.9 Å². The Morgan fingerprint density at radius 2 is 2.12 bits per heavy atom. The Balaban J connectivity index is 1.67. The van der Waals surface area contributed by atoms with Crippen LogP contribution in [0.15, 0.2) is 36.9 Å². The van der Waals surface area contributed by atoms with Gasteiger partial charge in [0.1, 0.15) is 29.1 Å². The average molecular weight is 407 g/mol.